The van der Waals surface area contributed by atoms with Crippen molar-refractivity contribution in [2.24, 2.45) is 11.7 Å². The topological polar surface area (TPSA) is 55.6 Å². The molecule has 0 aliphatic rings. The average molecular weight is 278 g/mol. The van der Waals surface area contributed by atoms with Gasteiger partial charge in [-0.2, -0.15) is 0 Å². The number of carbonyl (C=O) groups excluding carboxylic acids is 1. The van der Waals surface area contributed by atoms with E-state index in [1.165, 1.54) is 0 Å². The molecular formula is C16H26N2O2. The van der Waals surface area contributed by atoms with Crippen LogP contribution < -0.4 is 15.4 Å². The lowest BCUT2D eigenvalue weighted by atomic mass is 10.0. The first-order valence-corrected chi connectivity index (χ1v) is 7.13. The Morgan fingerprint density at radius 3 is 2.65 bits per heavy atom. The van der Waals surface area contributed by atoms with Gasteiger partial charge in [0, 0.05) is 30.8 Å². The molecule has 0 fully saturated rings. The molecule has 2 atom stereocenters. The van der Waals surface area contributed by atoms with E-state index in [4.69, 9.17) is 10.5 Å². The van der Waals surface area contributed by atoms with E-state index in [1.54, 1.807) is 19.1 Å². The molecule has 20 heavy (non-hydrogen) atoms. The normalized spacial score (nSPS) is 13.7. The van der Waals surface area contributed by atoms with Crippen molar-refractivity contribution in [1.82, 2.24) is 0 Å². The molecule has 1 aromatic rings. The van der Waals surface area contributed by atoms with Gasteiger partial charge in [-0.15, -0.1) is 0 Å². The number of hydrogen-bond acceptors (Lipinski definition) is 3. The number of carbonyl (C=O) groups is 1. The molecule has 112 valence electrons. The van der Waals surface area contributed by atoms with Crippen LogP contribution in [0.2, 0.25) is 0 Å². The molecule has 0 saturated heterocycles. The molecular weight excluding hydrogens is 252 g/mol. The smallest absolute Gasteiger partial charge is 0.229 e. The summed E-state index contributed by atoms with van der Waals surface area (Å²) in [7, 11) is 3.43. The van der Waals surface area contributed by atoms with Crippen LogP contribution in [0.15, 0.2) is 24.3 Å². The van der Waals surface area contributed by atoms with Gasteiger partial charge >= 0.3 is 0 Å². The van der Waals surface area contributed by atoms with Crippen molar-refractivity contribution in [3.63, 3.8) is 0 Å². The lowest BCUT2D eigenvalue weighted by Crippen LogP contribution is -2.31. The summed E-state index contributed by atoms with van der Waals surface area (Å²) in [6.45, 7) is 3.97. The number of benzene rings is 1. The van der Waals surface area contributed by atoms with Crippen LogP contribution in [-0.2, 0) is 4.79 Å². The van der Waals surface area contributed by atoms with Crippen LogP contribution in [-0.4, -0.2) is 26.1 Å². The maximum atomic E-state index is 12.4. The molecule has 0 radical (unpaired) electrons. The first-order chi connectivity index (χ1) is 9.45. The van der Waals surface area contributed by atoms with Crippen LogP contribution in [0.1, 0.15) is 33.1 Å². The monoisotopic (exact) mass is 278 g/mol. The van der Waals surface area contributed by atoms with Gasteiger partial charge in [-0.3, -0.25) is 4.79 Å². The summed E-state index contributed by atoms with van der Waals surface area (Å²) in [5.74, 6) is 0.889. The van der Waals surface area contributed by atoms with Crippen LogP contribution in [0.25, 0.3) is 0 Å². The van der Waals surface area contributed by atoms with Crippen molar-refractivity contribution in [2.75, 3.05) is 19.1 Å². The number of methoxy groups -OCH3 is 1. The molecule has 0 bridgehead atoms. The maximum absolute atomic E-state index is 12.4. The van der Waals surface area contributed by atoms with E-state index in [0.29, 0.717) is 0 Å². The molecule has 0 aliphatic carbocycles. The predicted molar refractivity (Wildman–Crippen MR) is 83.1 cm³/mol. The Kier molecular flexibility index (Phi) is 6.52. The quantitative estimate of drug-likeness (QED) is 0.834. The van der Waals surface area contributed by atoms with Gasteiger partial charge < -0.3 is 15.4 Å². The fourth-order valence-corrected chi connectivity index (χ4v) is 2.15. The zero-order valence-corrected chi connectivity index (χ0v) is 12.9. The molecule has 0 saturated carbocycles. The van der Waals surface area contributed by atoms with Gasteiger partial charge in [0.1, 0.15) is 5.75 Å². The second-order valence-electron chi connectivity index (χ2n) is 5.41. The molecule has 1 amide bonds. The summed E-state index contributed by atoms with van der Waals surface area (Å²) in [4.78, 5) is 14.1. The summed E-state index contributed by atoms with van der Waals surface area (Å²) in [5, 5.41) is 0. The second-order valence-corrected chi connectivity index (χ2v) is 5.41. The Bertz CT molecular complexity index is 432. The summed E-state index contributed by atoms with van der Waals surface area (Å²) in [6.07, 6.45) is 2.81. The Hall–Kier alpha value is -1.55. The summed E-state index contributed by atoms with van der Waals surface area (Å²) in [5.41, 5.74) is 6.58. The Morgan fingerprint density at radius 2 is 2.05 bits per heavy atom. The van der Waals surface area contributed by atoms with E-state index in [9.17, 15) is 4.79 Å². The lowest BCUT2D eigenvalue weighted by Gasteiger charge is -2.22. The Balaban J connectivity index is 2.60. The van der Waals surface area contributed by atoms with Crippen molar-refractivity contribution in [1.29, 1.82) is 0 Å². The van der Waals surface area contributed by atoms with E-state index in [1.807, 2.05) is 38.1 Å². The van der Waals surface area contributed by atoms with Crippen LogP contribution in [0.3, 0.4) is 0 Å². The fourth-order valence-electron chi connectivity index (χ4n) is 2.15. The summed E-state index contributed by atoms with van der Waals surface area (Å²) >= 11 is 0. The number of nitrogens with zero attached hydrogens (tertiary/aromatic N) is 1. The third kappa shape index (κ3) is 4.85. The number of ether oxygens (including phenoxy) is 1. The van der Waals surface area contributed by atoms with Crippen molar-refractivity contribution < 1.29 is 9.53 Å². The number of rotatable bonds is 7. The highest BCUT2D eigenvalue weighted by molar-refractivity contribution is 5.94. The van der Waals surface area contributed by atoms with Crippen LogP contribution in [0.4, 0.5) is 5.69 Å². The third-order valence-corrected chi connectivity index (χ3v) is 3.49. The molecule has 0 aromatic heterocycles. The molecule has 1 aromatic carbocycles. The van der Waals surface area contributed by atoms with Crippen molar-refractivity contribution >= 4 is 11.6 Å². The largest absolute Gasteiger partial charge is 0.497 e. The number of nitrogens with two attached hydrogens (primary N) is 1. The Morgan fingerprint density at radius 1 is 1.35 bits per heavy atom. The van der Waals surface area contributed by atoms with E-state index >= 15 is 0 Å². The molecule has 4 heteroatoms. The predicted octanol–water partition coefficient (Wildman–Crippen LogP) is 2.81. The van der Waals surface area contributed by atoms with Crippen LogP contribution in [0, 0.1) is 5.92 Å². The minimum atomic E-state index is 0.00458. The highest BCUT2D eigenvalue weighted by Gasteiger charge is 2.18. The second kappa shape index (κ2) is 7.90. The molecule has 0 heterocycles. The van der Waals surface area contributed by atoms with Crippen molar-refractivity contribution in [3.05, 3.63) is 24.3 Å². The van der Waals surface area contributed by atoms with E-state index in [0.717, 1.165) is 30.7 Å². The van der Waals surface area contributed by atoms with Crippen LogP contribution in [0.5, 0.6) is 5.75 Å². The number of hydrogen-bond donors (Lipinski definition) is 1. The highest BCUT2D eigenvalue weighted by atomic mass is 16.5. The van der Waals surface area contributed by atoms with Gasteiger partial charge in [-0.25, -0.2) is 0 Å². The molecule has 0 spiro atoms. The molecule has 2 unspecified atom stereocenters. The van der Waals surface area contributed by atoms with Gasteiger partial charge in [0.2, 0.25) is 5.91 Å². The first-order valence-electron chi connectivity index (χ1n) is 7.13. The van der Waals surface area contributed by atoms with Crippen LogP contribution >= 0.6 is 0 Å². The molecule has 1 rings (SSSR count). The van der Waals surface area contributed by atoms with Crippen molar-refractivity contribution in [3.8, 4) is 5.75 Å². The standard InChI is InChI=1S/C16H26N2O2/c1-12(7-5-8-13(2)17)16(19)18(3)14-9-6-10-15(11-14)20-4/h6,9-13H,5,7-8,17H2,1-4H3. The van der Waals surface area contributed by atoms with Gasteiger partial charge in [0.15, 0.2) is 0 Å². The minimum Gasteiger partial charge on any atom is -0.497 e. The van der Waals surface area contributed by atoms with E-state index in [2.05, 4.69) is 0 Å². The third-order valence-electron chi connectivity index (χ3n) is 3.49. The lowest BCUT2D eigenvalue weighted by molar-refractivity contribution is -0.121. The Labute approximate surface area is 121 Å². The molecule has 0 aliphatic heterocycles. The maximum Gasteiger partial charge on any atom is 0.229 e. The zero-order valence-electron chi connectivity index (χ0n) is 12.9. The summed E-state index contributed by atoms with van der Waals surface area (Å²) in [6, 6.07) is 7.74. The number of anilines is 1. The summed E-state index contributed by atoms with van der Waals surface area (Å²) < 4.78 is 5.18. The SMILES string of the molecule is COc1cccc(N(C)C(=O)C(C)CCCC(C)N)c1. The zero-order chi connectivity index (χ0) is 15.1. The van der Waals surface area contributed by atoms with E-state index < -0.39 is 0 Å². The van der Waals surface area contributed by atoms with Gasteiger partial charge in [0.25, 0.3) is 0 Å². The first kappa shape index (κ1) is 16.5. The van der Waals surface area contributed by atoms with Crippen molar-refractivity contribution in [2.45, 2.75) is 39.2 Å². The molecule has 4 nitrogen and oxygen atoms in total. The average Bonchev–Trinajstić information content (AvgIpc) is 2.45. The van der Waals surface area contributed by atoms with Gasteiger partial charge in [0.05, 0.1) is 7.11 Å². The molecule has 2 N–H and O–H groups in total. The van der Waals surface area contributed by atoms with E-state index in [-0.39, 0.29) is 17.9 Å². The number of amides is 1. The minimum absolute atomic E-state index is 0.00458. The fraction of sp³-hybridized carbons (Fsp3) is 0.562. The van der Waals surface area contributed by atoms with Gasteiger partial charge in [-0.05, 0) is 31.9 Å². The van der Waals surface area contributed by atoms with Gasteiger partial charge in [-0.1, -0.05) is 19.4 Å². The highest BCUT2D eigenvalue weighted by Crippen LogP contribution is 2.22.